The summed E-state index contributed by atoms with van der Waals surface area (Å²) in [4.78, 5) is 16.1. The van der Waals surface area contributed by atoms with Crippen LogP contribution in [-0.4, -0.2) is 38.6 Å². The minimum atomic E-state index is 0.101. The quantitative estimate of drug-likeness (QED) is 0.866. The summed E-state index contributed by atoms with van der Waals surface area (Å²) in [5.41, 5.74) is 6.22. The molecule has 2 N–H and O–H groups in total. The lowest BCUT2D eigenvalue weighted by Crippen LogP contribution is -3.15. The smallest absolute Gasteiger partial charge is 0.279 e. The molecule has 2 aromatic rings. The van der Waals surface area contributed by atoms with Crippen LogP contribution in [0.5, 0.6) is 0 Å². The van der Waals surface area contributed by atoms with Gasteiger partial charge in [0.15, 0.2) is 6.54 Å². The van der Waals surface area contributed by atoms with E-state index < -0.39 is 0 Å². The maximum absolute atomic E-state index is 12.3. The van der Waals surface area contributed by atoms with Crippen LogP contribution in [0, 0.1) is 13.8 Å². The number of hydrogen-bond acceptors (Lipinski definition) is 2. The molecule has 1 fully saturated rings. The van der Waals surface area contributed by atoms with Crippen LogP contribution in [-0.2, 0) is 11.2 Å². The summed E-state index contributed by atoms with van der Waals surface area (Å²) in [6.07, 6.45) is 1.02. The average Bonchev–Trinajstić information content (AvgIpc) is 2.65. The summed E-state index contributed by atoms with van der Waals surface area (Å²) in [5.74, 6) is 0.101. The van der Waals surface area contributed by atoms with E-state index >= 15 is 0 Å². The number of rotatable bonds is 5. The zero-order chi connectivity index (χ0) is 18.5. The van der Waals surface area contributed by atoms with Crippen molar-refractivity contribution >= 4 is 17.3 Å². The normalized spacial score (nSPS) is 15.1. The third-order valence-electron chi connectivity index (χ3n) is 5.44. The maximum atomic E-state index is 12.3. The number of carbonyl (C=O) groups excluding carboxylic acids is 1. The molecule has 1 heterocycles. The molecule has 0 radical (unpaired) electrons. The Hall–Kier alpha value is -2.33. The fourth-order valence-electron chi connectivity index (χ4n) is 3.57. The Morgan fingerprint density at radius 1 is 1.08 bits per heavy atom. The molecule has 26 heavy (non-hydrogen) atoms. The number of nitrogens with one attached hydrogen (secondary N) is 2. The molecule has 1 saturated heterocycles. The minimum Gasteiger partial charge on any atom is -0.360 e. The number of piperazine rings is 1. The van der Waals surface area contributed by atoms with E-state index in [2.05, 4.69) is 61.3 Å². The standard InChI is InChI=1S/C22H29N3O/c1-4-19-8-10-20(11-9-19)23-22(26)16-24-12-14-25(15-13-24)21-7-5-6-17(2)18(21)3/h5-11H,4,12-16H2,1-3H3,(H,23,26)/p+1. The van der Waals surface area contributed by atoms with Crippen molar-refractivity contribution in [3.63, 3.8) is 0 Å². The zero-order valence-corrected chi connectivity index (χ0v) is 16.1. The largest absolute Gasteiger partial charge is 0.360 e. The molecular formula is C22H30N3O+. The van der Waals surface area contributed by atoms with Crippen LogP contribution in [0.25, 0.3) is 0 Å². The second kappa shape index (κ2) is 8.37. The molecule has 0 spiro atoms. The van der Waals surface area contributed by atoms with E-state index in [-0.39, 0.29) is 5.91 Å². The van der Waals surface area contributed by atoms with Crippen molar-refractivity contribution in [2.75, 3.05) is 42.9 Å². The molecule has 4 nitrogen and oxygen atoms in total. The Morgan fingerprint density at radius 2 is 1.77 bits per heavy atom. The summed E-state index contributed by atoms with van der Waals surface area (Å²) in [6, 6.07) is 14.6. The summed E-state index contributed by atoms with van der Waals surface area (Å²) in [5, 5.41) is 3.03. The van der Waals surface area contributed by atoms with Crippen molar-refractivity contribution in [2.45, 2.75) is 27.2 Å². The minimum absolute atomic E-state index is 0.101. The first-order valence-electron chi connectivity index (χ1n) is 9.60. The molecule has 0 atom stereocenters. The molecule has 0 aromatic heterocycles. The first-order valence-corrected chi connectivity index (χ1v) is 9.60. The Kier molecular flexibility index (Phi) is 5.94. The van der Waals surface area contributed by atoms with E-state index in [0.717, 1.165) is 38.3 Å². The van der Waals surface area contributed by atoms with E-state index in [4.69, 9.17) is 0 Å². The highest BCUT2D eigenvalue weighted by atomic mass is 16.2. The first kappa shape index (κ1) is 18.5. The third-order valence-corrected chi connectivity index (χ3v) is 5.44. The predicted octanol–water partition coefficient (Wildman–Crippen LogP) is 2.21. The van der Waals surface area contributed by atoms with Gasteiger partial charge in [-0.3, -0.25) is 4.79 Å². The van der Waals surface area contributed by atoms with Gasteiger partial charge in [0.25, 0.3) is 5.91 Å². The van der Waals surface area contributed by atoms with Crippen molar-refractivity contribution in [1.82, 2.24) is 0 Å². The monoisotopic (exact) mass is 352 g/mol. The number of aryl methyl sites for hydroxylation is 2. The summed E-state index contributed by atoms with van der Waals surface area (Å²) < 4.78 is 0. The molecule has 1 aliphatic rings. The summed E-state index contributed by atoms with van der Waals surface area (Å²) in [7, 11) is 0. The van der Waals surface area contributed by atoms with Crippen LogP contribution in [0.15, 0.2) is 42.5 Å². The fourth-order valence-corrected chi connectivity index (χ4v) is 3.57. The number of benzene rings is 2. The fraction of sp³-hybridized carbons (Fsp3) is 0.409. The van der Waals surface area contributed by atoms with Gasteiger partial charge in [-0.2, -0.15) is 0 Å². The number of carbonyl (C=O) groups is 1. The molecule has 0 bridgehead atoms. The van der Waals surface area contributed by atoms with Crippen molar-refractivity contribution in [3.8, 4) is 0 Å². The summed E-state index contributed by atoms with van der Waals surface area (Å²) >= 11 is 0. The Labute approximate surface area is 156 Å². The lowest BCUT2D eigenvalue weighted by molar-refractivity contribution is -0.892. The van der Waals surface area contributed by atoms with Gasteiger partial charge in [0.2, 0.25) is 0 Å². The van der Waals surface area contributed by atoms with E-state index in [9.17, 15) is 4.79 Å². The maximum Gasteiger partial charge on any atom is 0.279 e. The molecule has 0 saturated carbocycles. The molecule has 4 heteroatoms. The molecule has 2 aromatic carbocycles. The van der Waals surface area contributed by atoms with Crippen LogP contribution < -0.4 is 15.1 Å². The zero-order valence-electron chi connectivity index (χ0n) is 16.1. The molecular weight excluding hydrogens is 322 g/mol. The number of hydrogen-bond donors (Lipinski definition) is 2. The van der Waals surface area contributed by atoms with E-state index in [1.54, 1.807) is 0 Å². The van der Waals surface area contributed by atoms with Gasteiger partial charge in [0.05, 0.1) is 26.2 Å². The Morgan fingerprint density at radius 3 is 2.42 bits per heavy atom. The van der Waals surface area contributed by atoms with Gasteiger partial charge in [0, 0.05) is 11.4 Å². The van der Waals surface area contributed by atoms with Crippen LogP contribution >= 0.6 is 0 Å². The Balaban J connectivity index is 1.50. The van der Waals surface area contributed by atoms with E-state index in [0.29, 0.717) is 6.54 Å². The van der Waals surface area contributed by atoms with Gasteiger partial charge in [-0.15, -0.1) is 0 Å². The van der Waals surface area contributed by atoms with Gasteiger partial charge >= 0.3 is 0 Å². The predicted molar refractivity (Wildman–Crippen MR) is 108 cm³/mol. The molecule has 3 rings (SSSR count). The van der Waals surface area contributed by atoms with E-state index in [1.165, 1.54) is 27.3 Å². The van der Waals surface area contributed by atoms with Gasteiger partial charge < -0.3 is 15.1 Å². The van der Waals surface area contributed by atoms with Crippen molar-refractivity contribution < 1.29 is 9.69 Å². The average molecular weight is 353 g/mol. The van der Waals surface area contributed by atoms with Gasteiger partial charge in [-0.1, -0.05) is 31.2 Å². The highest BCUT2D eigenvalue weighted by Gasteiger charge is 2.23. The number of nitrogens with zero attached hydrogens (tertiary/aromatic N) is 1. The van der Waals surface area contributed by atoms with Crippen LogP contribution in [0.3, 0.4) is 0 Å². The molecule has 0 aliphatic carbocycles. The number of anilines is 2. The number of quaternary nitrogens is 1. The topological polar surface area (TPSA) is 36.8 Å². The van der Waals surface area contributed by atoms with Crippen molar-refractivity contribution in [3.05, 3.63) is 59.2 Å². The second-order valence-corrected chi connectivity index (χ2v) is 7.23. The molecule has 0 unspecified atom stereocenters. The second-order valence-electron chi connectivity index (χ2n) is 7.23. The van der Waals surface area contributed by atoms with Crippen LogP contribution in [0.1, 0.15) is 23.6 Å². The first-order chi connectivity index (χ1) is 12.6. The van der Waals surface area contributed by atoms with Gasteiger partial charge in [-0.25, -0.2) is 0 Å². The van der Waals surface area contributed by atoms with E-state index in [1.807, 2.05) is 12.1 Å². The van der Waals surface area contributed by atoms with Crippen molar-refractivity contribution in [2.24, 2.45) is 0 Å². The SMILES string of the molecule is CCc1ccc(NC(=O)C[NH+]2CCN(c3cccc(C)c3C)CC2)cc1. The van der Waals surface area contributed by atoms with Gasteiger partial charge in [-0.05, 0) is 55.2 Å². The highest BCUT2D eigenvalue weighted by Crippen LogP contribution is 2.22. The number of amides is 1. The Bertz CT molecular complexity index is 746. The lowest BCUT2D eigenvalue weighted by Gasteiger charge is -2.34. The van der Waals surface area contributed by atoms with Gasteiger partial charge in [0.1, 0.15) is 0 Å². The molecule has 1 aliphatic heterocycles. The van der Waals surface area contributed by atoms with Crippen LogP contribution in [0.2, 0.25) is 0 Å². The lowest BCUT2D eigenvalue weighted by atomic mass is 10.1. The summed E-state index contributed by atoms with van der Waals surface area (Å²) in [6.45, 7) is 11.0. The van der Waals surface area contributed by atoms with Crippen LogP contribution in [0.4, 0.5) is 11.4 Å². The molecule has 138 valence electrons. The third kappa shape index (κ3) is 4.44. The molecule has 1 amide bonds. The van der Waals surface area contributed by atoms with Crippen molar-refractivity contribution in [1.29, 1.82) is 0 Å². The highest BCUT2D eigenvalue weighted by molar-refractivity contribution is 5.91.